The Kier molecular flexibility index (Phi) is 19.5. The van der Waals surface area contributed by atoms with Crippen molar-refractivity contribution in [2.45, 2.75) is 98.9 Å². The predicted octanol–water partition coefficient (Wildman–Crippen LogP) is 9.24. The van der Waals surface area contributed by atoms with Crippen molar-refractivity contribution in [3.8, 4) is 5.75 Å². The third-order valence-electron chi connectivity index (χ3n) is 10.6. The number of amides is 1. The summed E-state index contributed by atoms with van der Waals surface area (Å²) >= 11 is 0. The molecule has 5 aromatic carbocycles. The second kappa shape index (κ2) is 25.4. The number of nitro groups is 1. The number of nitrogens with one attached hydrogen (secondary N) is 3. The Balaban J connectivity index is 0.000000194. The Bertz CT molecular complexity index is 2450. The molecular weight excluding hydrogens is 871 g/mol. The van der Waals surface area contributed by atoms with Gasteiger partial charge in [-0.1, -0.05) is 74.9 Å². The average molecular weight is 928 g/mol. The van der Waals surface area contributed by atoms with Gasteiger partial charge in [0.25, 0.3) is 31.6 Å². The first kappa shape index (κ1) is 49.9. The lowest BCUT2D eigenvalue weighted by molar-refractivity contribution is -0.384. The molecule has 3 fully saturated rings. The highest BCUT2D eigenvalue weighted by molar-refractivity contribution is 7.93. The van der Waals surface area contributed by atoms with Crippen LogP contribution in [0.5, 0.6) is 5.75 Å². The number of nitrogens with two attached hydrogens (primary N) is 1. The van der Waals surface area contributed by atoms with Crippen LogP contribution in [0, 0.1) is 10.1 Å². The molecule has 1 saturated heterocycles. The highest BCUT2D eigenvalue weighted by Crippen LogP contribution is 2.22. The van der Waals surface area contributed by atoms with Crippen LogP contribution in [0.15, 0.2) is 143 Å². The molecule has 8 rings (SSSR count). The van der Waals surface area contributed by atoms with E-state index in [-0.39, 0.29) is 38.7 Å². The number of para-hydroxylation sites is 2. The van der Waals surface area contributed by atoms with E-state index in [1.165, 1.54) is 112 Å². The van der Waals surface area contributed by atoms with Crippen LogP contribution in [0.1, 0.15) is 97.8 Å². The van der Waals surface area contributed by atoms with Gasteiger partial charge < -0.3 is 20.5 Å². The van der Waals surface area contributed by atoms with Crippen LogP contribution in [0.25, 0.3) is 0 Å². The maximum atomic E-state index is 12.4. The number of non-ortho nitro benzene ring substituents is 1. The number of esters is 1. The van der Waals surface area contributed by atoms with E-state index in [9.17, 15) is 36.5 Å². The monoisotopic (exact) mass is 927 g/mol. The molecule has 0 unspecified atom stereocenters. The molecule has 5 N–H and O–H groups in total. The van der Waals surface area contributed by atoms with Crippen LogP contribution < -0.4 is 25.2 Å². The summed E-state index contributed by atoms with van der Waals surface area (Å²) in [5, 5.41) is 13.7. The minimum atomic E-state index is -3.79. The van der Waals surface area contributed by atoms with E-state index >= 15 is 0 Å². The molecule has 0 bridgehead atoms. The fourth-order valence-electron chi connectivity index (χ4n) is 6.96. The second-order valence-electron chi connectivity index (χ2n) is 15.7. The van der Waals surface area contributed by atoms with E-state index in [0.717, 1.165) is 38.9 Å². The molecule has 1 heterocycles. The number of carbonyl (C=O) groups is 2. The summed E-state index contributed by atoms with van der Waals surface area (Å²) < 4.78 is 64.6. The van der Waals surface area contributed by atoms with Gasteiger partial charge in [-0.25, -0.2) is 21.6 Å². The molecule has 3 aliphatic rings. The zero-order chi connectivity index (χ0) is 46.5. The highest BCUT2D eigenvalue weighted by atomic mass is 32.2. The van der Waals surface area contributed by atoms with Crippen molar-refractivity contribution in [1.29, 1.82) is 0 Å². The lowest BCUT2D eigenvalue weighted by Gasteiger charge is -2.22. The Labute approximate surface area is 381 Å². The van der Waals surface area contributed by atoms with Gasteiger partial charge in [0, 0.05) is 54.4 Å². The van der Waals surface area contributed by atoms with Crippen molar-refractivity contribution in [3.05, 3.63) is 155 Å². The zero-order valence-electron chi connectivity index (χ0n) is 36.2. The van der Waals surface area contributed by atoms with E-state index in [1.54, 1.807) is 66.7 Å². The molecule has 346 valence electrons. The van der Waals surface area contributed by atoms with Crippen LogP contribution in [-0.4, -0.2) is 58.9 Å². The number of nitrogens with zero attached hydrogens (tertiary/aromatic N) is 1. The fourth-order valence-corrected chi connectivity index (χ4v) is 9.08. The summed E-state index contributed by atoms with van der Waals surface area (Å²) in [7, 11) is -7.46. The van der Waals surface area contributed by atoms with Gasteiger partial charge in [-0.3, -0.25) is 24.4 Å². The number of ether oxygens (including phenoxy) is 2. The first-order valence-corrected chi connectivity index (χ1v) is 24.7. The minimum absolute atomic E-state index is 0.0109. The third kappa shape index (κ3) is 17.1. The summed E-state index contributed by atoms with van der Waals surface area (Å²) in [5.41, 5.74) is 7.04. The topological polar surface area (TPSA) is 226 Å². The van der Waals surface area contributed by atoms with Crippen molar-refractivity contribution in [1.82, 2.24) is 5.32 Å². The van der Waals surface area contributed by atoms with Crippen LogP contribution in [0.4, 0.5) is 17.1 Å². The molecular formula is C48H57N5O10S2. The fraction of sp³-hybridized carbons (Fsp3) is 0.333. The van der Waals surface area contributed by atoms with Crippen LogP contribution in [0.3, 0.4) is 0 Å². The first-order chi connectivity index (χ1) is 31.3. The number of hydrogen-bond acceptors (Lipinski definition) is 11. The molecule has 0 radical (unpaired) electrons. The van der Waals surface area contributed by atoms with Crippen molar-refractivity contribution in [2.24, 2.45) is 5.73 Å². The van der Waals surface area contributed by atoms with E-state index in [4.69, 9.17) is 15.2 Å². The van der Waals surface area contributed by atoms with Gasteiger partial charge in [-0.2, -0.15) is 0 Å². The van der Waals surface area contributed by atoms with Gasteiger partial charge in [0.15, 0.2) is 0 Å². The average Bonchev–Trinajstić information content (AvgIpc) is 3.92. The van der Waals surface area contributed by atoms with Crippen molar-refractivity contribution in [2.75, 3.05) is 22.7 Å². The molecule has 0 aromatic heterocycles. The van der Waals surface area contributed by atoms with Gasteiger partial charge in [-0.05, 0) is 123 Å². The summed E-state index contributed by atoms with van der Waals surface area (Å²) in [6.45, 7) is 2.00. The molecule has 5 aromatic rings. The van der Waals surface area contributed by atoms with Gasteiger partial charge in [0.05, 0.1) is 20.3 Å². The van der Waals surface area contributed by atoms with E-state index < -0.39 is 30.9 Å². The number of rotatable bonds is 11. The summed E-state index contributed by atoms with van der Waals surface area (Å²) in [6.07, 6.45) is 14.8. The molecule has 0 atom stereocenters. The molecule has 1 amide bonds. The quantitative estimate of drug-likeness (QED) is 0.0422. The van der Waals surface area contributed by atoms with Crippen LogP contribution >= 0.6 is 0 Å². The summed E-state index contributed by atoms with van der Waals surface area (Å²) in [5.74, 6) is -0.723. The van der Waals surface area contributed by atoms with E-state index in [1.807, 2.05) is 6.07 Å². The largest absolute Gasteiger partial charge is 0.423 e. The van der Waals surface area contributed by atoms with E-state index in [2.05, 4.69) is 14.8 Å². The lowest BCUT2D eigenvalue weighted by Crippen LogP contribution is -2.36. The number of anilines is 2. The van der Waals surface area contributed by atoms with Crippen molar-refractivity contribution in [3.63, 3.8) is 0 Å². The molecule has 17 heteroatoms. The number of sulfonamides is 2. The third-order valence-corrected chi connectivity index (χ3v) is 13.3. The number of nitro benzene ring substituents is 1. The smallest absolute Gasteiger partial charge is 0.343 e. The summed E-state index contributed by atoms with van der Waals surface area (Å²) in [6, 6.07) is 34.2. The van der Waals surface area contributed by atoms with Gasteiger partial charge in [0.2, 0.25) is 0 Å². The summed E-state index contributed by atoms with van der Waals surface area (Å²) in [4.78, 5) is 34.6. The molecule has 2 aliphatic carbocycles. The molecule has 65 heavy (non-hydrogen) atoms. The molecule has 2 saturated carbocycles. The van der Waals surface area contributed by atoms with Crippen molar-refractivity contribution >= 4 is 49.0 Å². The number of carbonyl (C=O) groups excluding carboxylic acids is 2. The van der Waals surface area contributed by atoms with Gasteiger partial charge in [-0.15, -0.1) is 0 Å². The number of benzene rings is 5. The predicted molar refractivity (Wildman–Crippen MR) is 251 cm³/mol. The Morgan fingerprint density at radius 1 is 0.585 bits per heavy atom. The maximum Gasteiger partial charge on any atom is 0.343 e. The zero-order valence-corrected chi connectivity index (χ0v) is 37.8. The Morgan fingerprint density at radius 2 is 1.03 bits per heavy atom. The first-order valence-electron chi connectivity index (χ1n) is 21.8. The lowest BCUT2D eigenvalue weighted by atomic mass is 9.95. The minimum Gasteiger partial charge on any atom is -0.423 e. The molecule has 15 nitrogen and oxygen atoms in total. The maximum absolute atomic E-state index is 12.4. The standard InChI is InChI=1S/C19H14N2O6S.C19H22N2O3S.C6H13N.C4H8O/c22-19(27-17-10-8-16(9-11-17)21(23)24)14-6-12-18(13-7-14)28(25,26)20-15-4-2-1-3-5-15;22-19(20-16-7-3-1-4-8-16)15-11-13-18(14-12-15)25(23,24)21-17-9-5-2-6-10-17;7-6-4-2-1-3-5-6;1-2-4-5-3-1/h1-13,20H;2,5-6,9-14,16,21H,1,3-4,7-8H2,(H,20,22);6H,1-5,7H2;1-4H2. The number of hydrogen-bond donors (Lipinski definition) is 4. The second-order valence-corrected chi connectivity index (χ2v) is 19.0. The SMILES string of the molecule is C1CCOC1.NC1CCCCC1.O=C(NC1CCCCC1)c1ccc(S(=O)(=O)Nc2ccccc2)cc1.O=C(Oc1ccc([N+](=O)[O-])cc1)c1ccc(S(=O)(=O)Nc2ccccc2)cc1. The molecule has 0 spiro atoms. The van der Waals surface area contributed by atoms with E-state index in [0.29, 0.717) is 23.0 Å². The molecule has 1 aliphatic heterocycles. The van der Waals surface area contributed by atoms with Gasteiger partial charge in [0.1, 0.15) is 5.75 Å². The normalized spacial score (nSPS) is 15.2. The highest BCUT2D eigenvalue weighted by Gasteiger charge is 2.20. The Morgan fingerprint density at radius 3 is 1.43 bits per heavy atom. The van der Waals surface area contributed by atoms with Crippen molar-refractivity contribution < 1.29 is 40.8 Å². The van der Waals surface area contributed by atoms with Crippen LogP contribution in [-0.2, 0) is 24.8 Å². The van der Waals surface area contributed by atoms with Gasteiger partial charge >= 0.3 is 5.97 Å². The Hall–Kier alpha value is -6.14. The van der Waals surface area contributed by atoms with Crippen LogP contribution in [0.2, 0.25) is 0 Å².